The van der Waals surface area contributed by atoms with Crippen LogP contribution in [0.3, 0.4) is 0 Å². The van der Waals surface area contributed by atoms with Crippen LogP contribution in [0, 0.1) is 6.92 Å². The molecular weight excluding hydrogens is 963 g/mol. The number of aliphatic hydroxyl groups is 1. The highest BCUT2D eigenvalue weighted by atomic mass is 32.1. The zero-order valence-electron chi connectivity index (χ0n) is 45.9. The van der Waals surface area contributed by atoms with E-state index in [0.29, 0.717) is 12.5 Å². The lowest BCUT2D eigenvalue weighted by molar-refractivity contribution is 0.000510. The molecule has 8 N–H and O–H groups in total. The third kappa shape index (κ3) is 9.59. The Bertz CT molecular complexity index is 3070. The minimum Gasteiger partial charge on any atom is -0.385 e. The molecule has 0 saturated carbocycles. The third-order valence-electron chi connectivity index (χ3n) is 19.3. The number of aromatic nitrogens is 3. The van der Waals surface area contributed by atoms with Gasteiger partial charge in [0, 0.05) is 96.3 Å². The maximum absolute atomic E-state index is 12.8. The van der Waals surface area contributed by atoms with Gasteiger partial charge in [-0.1, -0.05) is 71.9 Å². The third-order valence-corrected chi connectivity index (χ3v) is 21.4. The largest absolute Gasteiger partial charge is 0.385 e. The van der Waals surface area contributed by atoms with Crippen molar-refractivity contribution in [1.82, 2.24) is 15.0 Å². The van der Waals surface area contributed by atoms with Crippen LogP contribution in [-0.2, 0) is 28.3 Å². The summed E-state index contributed by atoms with van der Waals surface area (Å²) in [5.74, 6) is 1.36. The van der Waals surface area contributed by atoms with Crippen molar-refractivity contribution >= 4 is 38.8 Å². The summed E-state index contributed by atoms with van der Waals surface area (Å²) in [6.45, 7) is 21.6. The molecule has 0 amide bonds. The number of hydrogen-bond donors (Lipinski definition) is 5. The number of aryl methyl sites for hydroxylation is 2. The van der Waals surface area contributed by atoms with Crippen LogP contribution in [0.2, 0.25) is 0 Å². The molecule has 398 valence electrons. The van der Waals surface area contributed by atoms with Crippen molar-refractivity contribution in [3.8, 4) is 33.8 Å². The maximum Gasteiger partial charge on any atom is 0.186 e. The number of anilines is 3. The minimum atomic E-state index is -0.936. The van der Waals surface area contributed by atoms with Crippen LogP contribution < -0.4 is 31.9 Å². The van der Waals surface area contributed by atoms with Crippen LogP contribution in [0.25, 0.3) is 33.8 Å². The summed E-state index contributed by atoms with van der Waals surface area (Å²) >= 11 is 3.66. The summed E-state index contributed by atoms with van der Waals surface area (Å²) in [5, 5.41) is 17.2. The molecule has 0 bridgehead atoms. The second-order valence-corrected chi connectivity index (χ2v) is 27.8. The zero-order valence-corrected chi connectivity index (χ0v) is 47.5. The van der Waals surface area contributed by atoms with Crippen molar-refractivity contribution in [1.29, 1.82) is 0 Å². The van der Waals surface area contributed by atoms with E-state index in [0.717, 1.165) is 142 Å². The molecule has 12 rings (SSSR count). The van der Waals surface area contributed by atoms with Crippen LogP contribution in [0.4, 0.5) is 16.1 Å². The summed E-state index contributed by atoms with van der Waals surface area (Å²) < 4.78 is 0. The number of hydrogen-bond acceptors (Lipinski definition) is 11. The number of aromatic amines is 1. The monoisotopic (exact) mass is 1050 g/mol. The quantitative estimate of drug-likeness (QED) is 0.0954. The summed E-state index contributed by atoms with van der Waals surface area (Å²) in [6.07, 6.45) is 13.7. The van der Waals surface area contributed by atoms with Gasteiger partial charge in [-0.3, -0.25) is 0 Å². The Labute approximate surface area is 454 Å². The first-order chi connectivity index (χ1) is 35.8. The molecule has 3 aliphatic heterocycles. The van der Waals surface area contributed by atoms with Gasteiger partial charge in [-0.05, 0) is 181 Å². The molecule has 6 heterocycles. The lowest BCUT2D eigenvalue weighted by Crippen LogP contribution is -2.50. The summed E-state index contributed by atoms with van der Waals surface area (Å²) in [5.41, 5.74) is 35.3. The van der Waals surface area contributed by atoms with Gasteiger partial charge in [0.2, 0.25) is 0 Å². The summed E-state index contributed by atoms with van der Waals surface area (Å²) in [6, 6.07) is 24.3. The van der Waals surface area contributed by atoms with E-state index in [2.05, 4.69) is 134 Å². The van der Waals surface area contributed by atoms with Gasteiger partial charge in [-0.15, -0.1) is 22.7 Å². The molecule has 3 saturated heterocycles. The number of fused-ring (bicyclic) bond motifs is 3. The molecule has 3 fully saturated rings. The van der Waals surface area contributed by atoms with E-state index in [-0.39, 0.29) is 40.3 Å². The molecule has 3 aliphatic carbocycles. The molecule has 4 unspecified atom stereocenters. The molecule has 3 aromatic carbocycles. The molecule has 6 aliphatic rings. The average molecular weight is 1050 g/mol. The van der Waals surface area contributed by atoms with E-state index in [1.807, 2.05) is 11.3 Å². The van der Waals surface area contributed by atoms with Gasteiger partial charge in [0.1, 0.15) is 5.82 Å². The van der Waals surface area contributed by atoms with E-state index >= 15 is 0 Å². The molecular formula is C63H83N9OS2. The molecule has 4 atom stereocenters. The van der Waals surface area contributed by atoms with Crippen LogP contribution in [0.1, 0.15) is 175 Å². The van der Waals surface area contributed by atoms with Gasteiger partial charge >= 0.3 is 0 Å². The molecule has 0 spiro atoms. The maximum atomic E-state index is 12.8. The number of H-pyrrole nitrogens is 1. The number of nitrogens with zero attached hydrogens (tertiary/aromatic N) is 5. The van der Waals surface area contributed by atoms with Gasteiger partial charge < -0.3 is 42.0 Å². The topological polar surface area (TPSA) is 150 Å². The van der Waals surface area contributed by atoms with Gasteiger partial charge in [0.15, 0.2) is 10.3 Å². The number of nitrogens with two attached hydrogens (primary N) is 3. The molecule has 12 heteroatoms. The Morgan fingerprint density at radius 3 is 2.07 bits per heavy atom. The molecule has 0 radical (unpaired) electrons. The Hall–Kier alpha value is -4.56. The molecule has 3 aromatic heterocycles. The normalized spacial score (nSPS) is 25.7. The van der Waals surface area contributed by atoms with Crippen LogP contribution >= 0.6 is 22.7 Å². The smallest absolute Gasteiger partial charge is 0.186 e. The first-order valence-corrected chi connectivity index (χ1v) is 30.4. The SMILES string of the molecule is Cc1cc2c(cc1-c1nc(N3CCC(N)CC3)sc1C1CCC(C)(C)c3cc(-c4ccc(N5CCC(N)CC5CC5(O)CCCc6cc(-c7csc(N8CCC(N)CC8)n7)ccc65)[nH]4)ccc31)C(C)(C)CCC2(C)C. The Balaban J connectivity index is 0.831. The van der Waals surface area contributed by atoms with Crippen molar-refractivity contribution in [3.05, 3.63) is 110 Å². The van der Waals surface area contributed by atoms with Crippen molar-refractivity contribution in [2.45, 2.75) is 190 Å². The zero-order chi connectivity index (χ0) is 52.2. The second-order valence-electron chi connectivity index (χ2n) is 26.0. The highest BCUT2D eigenvalue weighted by molar-refractivity contribution is 7.16. The highest BCUT2D eigenvalue weighted by Gasteiger charge is 2.43. The minimum absolute atomic E-state index is 0.0112. The van der Waals surface area contributed by atoms with E-state index in [1.54, 1.807) is 11.3 Å². The Morgan fingerprint density at radius 2 is 1.33 bits per heavy atom. The van der Waals surface area contributed by atoms with E-state index in [9.17, 15) is 5.11 Å². The number of piperidine rings is 3. The summed E-state index contributed by atoms with van der Waals surface area (Å²) in [4.78, 5) is 23.5. The van der Waals surface area contributed by atoms with Crippen LogP contribution in [0.15, 0.2) is 66.0 Å². The van der Waals surface area contributed by atoms with E-state index in [1.165, 1.54) is 67.9 Å². The van der Waals surface area contributed by atoms with Gasteiger partial charge in [-0.2, -0.15) is 0 Å². The fourth-order valence-corrected chi connectivity index (χ4v) is 16.5. The van der Waals surface area contributed by atoms with E-state index in [4.69, 9.17) is 27.2 Å². The van der Waals surface area contributed by atoms with Gasteiger partial charge in [0.05, 0.1) is 17.0 Å². The fourth-order valence-electron chi connectivity index (χ4n) is 14.3. The van der Waals surface area contributed by atoms with Crippen LogP contribution in [-0.4, -0.2) is 76.9 Å². The predicted molar refractivity (Wildman–Crippen MR) is 314 cm³/mol. The Kier molecular flexibility index (Phi) is 13.3. The van der Waals surface area contributed by atoms with Crippen molar-refractivity contribution in [2.24, 2.45) is 17.2 Å². The van der Waals surface area contributed by atoms with Crippen molar-refractivity contribution in [2.75, 3.05) is 47.4 Å². The second kappa shape index (κ2) is 19.4. The predicted octanol–water partition coefficient (Wildman–Crippen LogP) is 12.6. The number of thiazole rings is 2. The van der Waals surface area contributed by atoms with E-state index < -0.39 is 5.60 Å². The number of nitrogens with one attached hydrogen (secondary N) is 1. The lowest BCUT2D eigenvalue weighted by Gasteiger charge is -2.44. The number of benzene rings is 3. The summed E-state index contributed by atoms with van der Waals surface area (Å²) in [7, 11) is 0. The molecule has 6 aromatic rings. The first kappa shape index (κ1) is 51.2. The van der Waals surface area contributed by atoms with Crippen molar-refractivity contribution in [3.63, 3.8) is 0 Å². The average Bonchev–Trinajstić information content (AvgIpc) is 4.22. The molecule has 75 heavy (non-hydrogen) atoms. The van der Waals surface area contributed by atoms with Gasteiger partial charge in [-0.25, -0.2) is 9.97 Å². The lowest BCUT2D eigenvalue weighted by atomic mass is 9.62. The standard InChI is InChI=1S/C63H83N9OS2/c1-38-31-51-52(62(6,7)25-24-61(51,4)5)35-48(38)56-57(75-59(69-56)71-28-19-43(65)20-29-71)47-16-23-60(2,3)50-33-41(10-12-46(47)50)53-14-15-55(67-53)72-30-21-44(66)34-45(72)36-63(73)22-8-9-39-32-40(11-13-49(39)63)54-37-74-58(68-54)70-26-17-42(64)18-27-70/h10-15,31-33,35,37,42-45,47,67,73H,8-9,16-30,34,36,64-66H2,1-7H3. The highest BCUT2D eigenvalue weighted by Crippen LogP contribution is 2.54. The Morgan fingerprint density at radius 1 is 0.667 bits per heavy atom. The fraction of sp³-hybridized carbons (Fsp3) is 0.556. The molecule has 10 nitrogen and oxygen atoms in total. The van der Waals surface area contributed by atoms with Crippen LogP contribution in [0.5, 0.6) is 0 Å². The number of rotatable bonds is 9. The van der Waals surface area contributed by atoms with Crippen molar-refractivity contribution < 1.29 is 5.11 Å². The van der Waals surface area contributed by atoms with Gasteiger partial charge in [0.25, 0.3) is 0 Å². The first-order valence-electron chi connectivity index (χ1n) is 28.7.